The van der Waals surface area contributed by atoms with Gasteiger partial charge >= 0.3 is 17.9 Å². The van der Waals surface area contributed by atoms with E-state index in [0.717, 1.165) is 116 Å². The first-order chi connectivity index (χ1) is 37.5. The summed E-state index contributed by atoms with van der Waals surface area (Å²) >= 11 is 0. The molecule has 0 saturated carbocycles. The number of carbonyl (C=O) groups excluding carboxylic acids is 3. The molecule has 438 valence electrons. The predicted octanol–water partition coefficient (Wildman–Crippen LogP) is 22.3. The Balaban J connectivity index is 4.37. The summed E-state index contributed by atoms with van der Waals surface area (Å²) in [4.78, 5) is 38.3. The maximum Gasteiger partial charge on any atom is 0.306 e. The average molecular weight is 1060 g/mol. The van der Waals surface area contributed by atoms with Crippen LogP contribution in [0.25, 0.3) is 0 Å². The Kier molecular flexibility index (Phi) is 61.2. The van der Waals surface area contributed by atoms with Crippen LogP contribution in [-0.4, -0.2) is 37.2 Å². The van der Waals surface area contributed by atoms with Crippen LogP contribution in [0, 0.1) is 0 Å². The normalized spacial score (nSPS) is 12.6. The Labute approximate surface area is 471 Å². The van der Waals surface area contributed by atoms with Gasteiger partial charge in [0.25, 0.3) is 0 Å². The van der Waals surface area contributed by atoms with Gasteiger partial charge in [-0.2, -0.15) is 0 Å². The van der Waals surface area contributed by atoms with Gasteiger partial charge in [0.1, 0.15) is 13.2 Å². The Hall–Kier alpha value is -3.41. The lowest BCUT2D eigenvalue weighted by atomic mass is 10.0. The van der Waals surface area contributed by atoms with Crippen molar-refractivity contribution in [1.82, 2.24) is 0 Å². The summed E-state index contributed by atoms with van der Waals surface area (Å²) < 4.78 is 16.9. The minimum absolute atomic E-state index is 0.0823. The maximum absolute atomic E-state index is 12.9. The summed E-state index contributed by atoms with van der Waals surface area (Å²) in [5.74, 6) is -0.889. The molecule has 0 aromatic heterocycles. The largest absolute Gasteiger partial charge is 0.462 e. The molecule has 0 fully saturated rings. The van der Waals surface area contributed by atoms with Crippen LogP contribution in [0.15, 0.2) is 85.1 Å². The number of allylic oxidation sites excluding steroid dienone is 14. The highest BCUT2D eigenvalue weighted by atomic mass is 16.6. The van der Waals surface area contributed by atoms with Gasteiger partial charge in [-0.1, -0.05) is 292 Å². The Morgan fingerprint density at radius 1 is 0.276 bits per heavy atom. The maximum atomic E-state index is 12.9. The molecule has 0 aliphatic heterocycles. The van der Waals surface area contributed by atoms with E-state index in [2.05, 4.69) is 106 Å². The number of hydrogen-bond donors (Lipinski definition) is 0. The molecule has 1 unspecified atom stereocenters. The van der Waals surface area contributed by atoms with Gasteiger partial charge in [-0.25, -0.2) is 0 Å². The minimum atomic E-state index is -0.788. The standard InChI is InChI=1S/C70H122O6/c1-4-7-10-13-16-19-22-25-28-30-32-34-35-37-38-40-42-45-48-51-54-57-60-63-69(72)75-66-67(65-74-68(71)62-59-56-53-50-47-44-27-24-21-18-15-12-9-6-3)76-70(73)64-61-58-55-52-49-46-43-41-39-36-33-31-29-26-23-20-17-14-11-8-5-2/h8,11,17,20,22,25-26,29-30,32-33,36,41,43,67H,4-7,9-10,12-16,18-19,21,23-24,27-28,31,34-35,37-40,42,44-66H2,1-3H3/b11-8-,20-17-,25-22-,29-26-,32-30-,36-33-,43-41-. The number of rotatable bonds is 59. The van der Waals surface area contributed by atoms with Gasteiger partial charge in [0, 0.05) is 19.3 Å². The van der Waals surface area contributed by atoms with E-state index in [1.165, 1.54) is 167 Å². The van der Waals surface area contributed by atoms with Crippen molar-refractivity contribution >= 4 is 17.9 Å². The van der Waals surface area contributed by atoms with Gasteiger partial charge in [0.15, 0.2) is 6.10 Å². The molecule has 6 nitrogen and oxygen atoms in total. The highest BCUT2D eigenvalue weighted by Crippen LogP contribution is 2.17. The number of carbonyl (C=O) groups is 3. The van der Waals surface area contributed by atoms with Crippen LogP contribution in [0.5, 0.6) is 0 Å². The molecule has 0 saturated heterocycles. The molecular weight excluding hydrogens is 937 g/mol. The van der Waals surface area contributed by atoms with Crippen molar-refractivity contribution in [3.05, 3.63) is 85.1 Å². The third kappa shape index (κ3) is 61.4. The average Bonchev–Trinajstić information content (AvgIpc) is 3.42. The third-order valence-electron chi connectivity index (χ3n) is 14.1. The summed E-state index contributed by atoms with van der Waals surface area (Å²) in [6.45, 7) is 6.54. The van der Waals surface area contributed by atoms with Gasteiger partial charge in [-0.15, -0.1) is 0 Å². The molecule has 0 N–H and O–H groups in total. The van der Waals surface area contributed by atoms with Crippen LogP contribution in [0.1, 0.15) is 323 Å². The van der Waals surface area contributed by atoms with Crippen molar-refractivity contribution in [2.75, 3.05) is 13.2 Å². The molecule has 0 amide bonds. The molecule has 76 heavy (non-hydrogen) atoms. The Bertz CT molecular complexity index is 1450. The zero-order valence-corrected chi connectivity index (χ0v) is 50.3. The molecule has 0 spiro atoms. The molecule has 0 bridgehead atoms. The first-order valence-corrected chi connectivity index (χ1v) is 32.6. The summed E-state index contributed by atoms with van der Waals surface area (Å²) in [7, 11) is 0. The summed E-state index contributed by atoms with van der Waals surface area (Å²) in [5.41, 5.74) is 0. The molecule has 0 aliphatic carbocycles. The monoisotopic (exact) mass is 1060 g/mol. The van der Waals surface area contributed by atoms with Crippen molar-refractivity contribution < 1.29 is 28.6 Å². The zero-order valence-electron chi connectivity index (χ0n) is 50.3. The summed E-state index contributed by atoms with van der Waals surface area (Å²) in [6.07, 6.45) is 84.4. The van der Waals surface area contributed by atoms with Crippen molar-refractivity contribution in [2.24, 2.45) is 0 Å². The van der Waals surface area contributed by atoms with E-state index in [1.807, 2.05) is 0 Å². The second-order valence-corrected chi connectivity index (χ2v) is 21.6. The number of ether oxygens (including phenoxy) is 3. The quantitative estimate of drug-likeness (QED) is 0.0261. The number of unbranched alkanes of at least 4 members (excludes halogenated alkanes) is 34. The van der Waals surface area contributed by atoms with Crippen LogP contribution in [0.4, 0.5) is 0 Å². The fourth-order valence-electron chi connectivity index (χ4n) is 9.27. The third-order valence-corrected chi connectivity index (χ3v) is 14.1. The first kappa shape index (κ1) is 72.6. The van der Waals surface area contributed by atoms with E-state index in [0.29, 0.717) is 19.3 Å². The zero-order chi connectivity index (χ0) is 55.0. The molecule has 6 heteroatoms. The highest BCUT2D eigenvalue weighted by molar-refractivity contribution is 5.71. The van der Waals surface area contributed by atoms with Crippen molar-refractivity contribution in [2.45, 2.75) is 329 Å². The lowest BCUT2D eigenvalue weighted by Gasteiger charge is -2.18. The minimum Gasteiger partial charge on any atom is -0.462 e. The lowest BCUT2D eigenvalue weighted by Crippen LogP contribution is -2.30. The van der Waals surface area contributed by atoms with E-state index in [4.69, 9.17) is 14.2 Å². The van der Waals surface area contributed by atoms with E-state index in [1.54, 1.807) is 0 Å². The second-order valence-electron chi connectivity index (χ2n) is 21.6. The molecule has 0 aliphatic rings. The molecule has 0 aromatic carbocycles. The summed E-state index contributed by atoms with van der Waals surface area (Å²) in [5, 5.41) is 0. The van der Waals surface area contributed by atoms with Gasteiger partial charge < -0.3 is 14.2 Å². The molecular formula is C70H122O6. The molecule has 0 rings (SSSR count). The lowest BCUT2D eigenvalue weighted by molar-refractivity contribution is -0.167. The van der Waals surface area contributed by atoms with E-state index in [-0.39, 0.29) is 31.1 Å². The van der Waals surface area contributed by atoms with Gasteiger partial charge in [-0.05, 0) is 96.3 Å². The van der Waals surface area contributed by atoms with Crippen molar-refractivity contribution in [3.63, 3.8) is 0 Å². The van der Waals surface area contributed by atoms with Crippen LogP contribution in [-0.2, 0) is 28.6 Å². The van der Waals surface area contributed by atoms with Crippen LogP contribution >= 0.6 is 0 Å². The summed E-state index contributed by atoms with van der Waals surface area (Å²) in [6, 6.07) is 0. The van der Waals surface area contributed by atoms with Gasteiger partial charge in [-0.3, -0.25) is 14.4 Å². The smallest absolute Gasteiger partial charge is 0.306 e. The molecule has 1 atom stereocenters. The fourth-order valence-corrected chi connectivity index (χ4v) is 9.27. The molecule has 0 radical (unpaired) electrons. The van der Waals surface area contributed by atoms with Crippen molar-refractivity contribution in [3.8, 4) is 0 Å². The number of esters is 3. The van der Waals surface area contributed by atoms with E-state index in [9.17, 15) is 14.4 Å². The fraction of sp³-hybridized carbons (Fsp3) is 0.757. The van der Waals surface area contributed by atoms with Crippen molar-refractivity contribution in [1.29, 1.82) is 0 Å². The molecule has 0 heterocycles. The first-order valence-electron chi connectivity index (χ1n) is 32.6. The van der Waals surface area contributed by atoms with Crippen LogP contribution in [0.2, 0.25) is 0 Å². The second kappa shape index (κ2) is 64.1. The van der Waals surface area contributed by atoms with Crippen LogP contribution < -0.4 is 0 Å². The highest BCUT2D eigenvalue weighted by Gasteiger charge is 2.19. The van der Waals surface area contributed by atoms with Gasteiger partial charge in [0.05, 0.1) is 0 Å². The Morgan fingerprint density at radius 3 is 0.803 bits per heavy atom. The SMILES string of the molecule is CC/C=C\C/C=C\C/C=C\C/C=C\C/C=C\CCCCCCCC(=O)OC(COC(=O)CCCCCCCCCCCCC/C=C\C/C=C\CCCCCCC)COC(=O)CCCCCCCCCCCCCCCC. The topological polar surface area (TPSA) is 78.9 Å². The van der Waals surface area contributed by atoms with E-state index < -0.39 is 6.10 Å². The van der Waals surface area contributed by atoms with Gasteiger partial charge in [0.2, 0.25) is 0 Å². The van der Waals surface area contributed by atoms with Crippen LogP contribution in [0.3, 0.4) is 0 Å². The molecule has 0 aromatic rings. The Morgan fingerprint density at radius 2 is 0.513 bits per heavy atom. The number of hydrogen-bond acceptors (Lipinski definition) is 6. The van der Waals surface area contributed by atoms with E-state index >= 15 is 0 Å². The predicted molar refractivity (Wildman–Crippen MR) is 330 cm³/mol.